The molecular weight excluding hydrogens is 255 g/mol. The molecule has 1 rings (SSSR count). The maximum atomic E-state index is 13.7. The van der Waals surface area contributed by atoms with Crippen LogP contribution in [0, 0.1) is 5.82 Å². The third kappa shape index (κ3) is 2.70. The molecule has 0 aliphatic heterocycles. The van der Waals surface area contributed by atoms with Crippen molar-refractivity contribution in [1.82, 2.24) is 4.31 Å². The summed E-state index contributed by atoms with van der Waals surface area (Å²) in [6, 6.07) is 3.50. The molecule has 0 aliphatic carbocycles. The summed E-state index contributed by atoms with van der Waals surface area (Å²) in [6.45, 7) is 7.02. The molecule has 1 aromatic rings. The van der Waals surface area contributed by atoms with Crippen LogP contribution in [-0.4, -0.2) is 25.3 Å². The van der Waals surface area contributed by atoms with Gasteiger partial charge in [0.05, 0.1) is 5.69 Å². The molecule has 0 aromatic heterocycles. The van der Waals surface area contributed by atoms with Crippen LogP contribution in [0.3, 0.4) is 0 Å². The van der Waals surface area contributed by atoms with E-state index in [0.29, 0.717) is 0 Å². The lowest BCUT2D eigenvalue weighted by molar-refractivity contribution is 0.380. The number of nitrogens with two attached hydrogens (primary N) is 1. The molecule has 0 spiro atoms. The van der Waals surface area contributed by atoms with Gasteiger partial charge in [-0.3, -0.25) is 0 Å². The van der Waals surface area contributed by atoms with E-state index >= 15 is 0 Å². The number of sulfonamides is 1. The van der Waals surface area contributed by atoms with Crippen molar-refractivity contribution in [2.24, 2.45) is 0 Å². The maximum Gasteiger partial charge on any atom is 0.248 e. The van der Waals surface area contributed by atoms with E-state index in [2.05, 4.69) is 6.58 Å². The SMILES string of the molecule is C=CCN(C(C)C)S(=O)(=O)c1c(N)cccc1F. The number of rotatable bonds is 5. The zero-order valence-electron chi connectivity index (χ0n) is 10.4. The van der Waals surface area contributed by atoms with Gasteiger partial charge in [0.1, 0.15) is 10.7 Å². The fourth-order valence-electron chi connectivity index (χ4n) is 1.63. The molecule has 0 aliphatic rings. The van der Waals surface area contributed by atoms with Crippen molar-refractivity contribution in [2.45, 2.75) is 24.8 Å². The van der Waals surface area contributed by atoms with E-state index in [1.54, 1.807) is 13.8 Å². The molecule has 0 heterocycles. The van der Waals surface area contributed by atoms with Crippen molar-refractivity contribution >= 4 is 15.7 Å². The minimum absolute atomic E-state index is 0.0929. The van der Waals surface area contributed by atoms with E-state index in [-0.39, 0.29) is 18.3 Å². The molecule has 4 nitrogen and oxygen atoms in total. The number of hydrogen-bond donors (Lipinski definition) is 1. The van der Waals surface area contributed by atoms with E-state index < -0.39 is 20.7 Å². The standard InChI is InChI=1S/C12H17FN2O2S/c1-4-8-15(9(2)3)18(16,17)12-10(13)6-5-7-11(12)14/h4-7,9H,1,8,14H2,2-3H3. The topological polar surface area (TPSA) is 63.4 Å². The molecule has 0 fully saturated rings. The Labute approximate surface area is 107 Å². The highest BCUT2D eigenvalue weighted by Crippen LogP contribution is 2.26. The van der Waals surface area contributed by atoms with Gasteiger partial charge in [0.25, 0.3) is 0 Å². The molecule has 1 aromatic carbocycles. The van der Waals surface area contributed by atoms with Crippen LogP contribution in [0.5, 0.6) is 0 Å². The molecular formula is C12H17FN2O2S. The minimum atomic E-state index is -3.96. The smallest absolute Gasteiger partial charge is 0.248 e. The first-order valence-electron chi connectivity index (χ1n) is 5.49. The summed E-state index contributed by atoms with van der Waals surface area (Å²) in [5, 5.41) is 0. The van der Waals surface area contributed by atoms with Gasteiger partial charge in [0.2, 0.25) is 10.0 Å². The molecule has 18 heavy (non-hydrogen) atoms. The highest BCUT2D eigenvalue weighted by Gasteiger charge is 2.30. The summed E-state index contributed by atoms with van der Waals surface area (Å²) in [6.07, 6.45) is 1.45. The predicted molar refractivity (Wildman–Crippen MR) is 70.0 cm³/mol. The summed E-state index contributed by atoms with van der Waals surface area (Å²) in [4.78, 5) is -0.472. The second-order valence-electron chi connectivity index (χ2n) is 4.12. The first-order chi connectivity index (χ1) is 8.32. The summed E-state index contributed by atoms with van der Waals surface area (Å²) >= 11 is 0. The molecule has 0 bridgehead atoms. The Kier molecular flexibility index (Phi) is 4.48. The van der Waals surface area contributed by atoms with E-state index in [1.807, 2.05) is 0 Å². The fraction of sp³-hybridized carbons (Fsp3) is 0.333. The van der Waals surface area contributed by atoms with Gasteiger partial charge in [-0.1, -0.05) is 12.1 Å². The maximum absolute atomic E-state index is 13.7. The molecule has 0 unspecified atom stereocenters. The third-order valence-electron chi connectivity index (χ3n) is 2.45. The van der Waals surface area contributed by atoms with Gasteiger partial charge in [0.15, 0.2) is 0 Å². The summed E-state index contributed by atoms with van der Waals surface area (Å²) in [7, 11) is -3.96. The molecule has 6 heteroatoms. The van der Waals surface area contributed by atoms with Crippen molar-refractivity contribution in [3.05, 3.63) is 36.7 Å². The van der Waals surface area contributed by atoms with Gasteiger partial charge in [0, 0.05) is 12.6 Å². The highest BCUT2D eigenvalue weighted by atomic mass is 32.2. The molecule has 0 saturated carbocycles. The number of anilines is 1. The van der Waals surface area contributed by atoms with Crippen molar-refractivity contribution < 1.29 is 12.8 Å². The zero-order valence-corrected chi connectivity index (χ0v) is 11.2. The lowest BCUT2D eigenvalue weighted by Crippen LogP contribution is -2.37. The van der Waals surface area contributed by atoms with Crippen LogP contribution in [0.25, 0.3) is 0 Å². The Morgan fingerprint density at radius 3 is 2.56 bits per heavy atom. The average molecular weight is 272 g/mol. The Bertz CT molecular complexity index is 521. The fourth-order valence-corrected chi connectivity index (χ4v) is 3.40. The summed E-state index contributed by atoms with van der Waals surface area (Å²) in [5.41, 5.74) is 5.48. The van der Waals surface area contributed by atoms with E-state index in [0.717, 1.165) is 10.4 Å². The van der Waals surface area contributed by atoms with Crippen molar-refractivity contribution in [2.75, 3.05) is 12.3 Å². The minimum Gasteiger partial charge on any atom is -0.398 e. The van der Waals surface area contributed by atoms with Gasteiger partial charge in [-0.05, 0) is 26.0 Å². The van der Waals surface area contributed by atoms with Crippen LogP contribution in [0.2, 0.25) is 0 Å². The number of halogens is 1. The first kappa shape index (κ1) is 14.7. The normalized spacial score (nSPS) is 12.1. The van der Waals surface area contributed by atoms with Gasteiger partial charge >= 0.3 is 0 Å². The largest absolute Gasteiger partial charge is 0.398 e. The van der Waals surface area contributed by atoms with Crippen LogP contribution in [0.15, 0.2) is 35.7 Å². The van der Waals surface area contributed by atoms with Gasteiger partial charge in [-0.15, -0.1) is 6.58 Å². The second-order valence-corrected chi connectivity index (χ2v) is 5.94. The van der Waals surface area contributed by atoms with Crippen LogP contribution in [0.1, 0.15) is 13.8 Å². The van der Waals surface area contributed by atoms with Crippen LogP contribution < -0.4 is 5.73 Å². The number of benzene rings is 1. The Hall–Kier alpha value is -1.40. The summed E-state index contributed by atoms with van der Waals surface area (Å²) < 4.78 is 39.6. The van der Waals surface area contributed by atoms with Crippen molar-refractivity contribution in [3.8, 4) is 0 Å². The van der Waals surface area contributed by atoms with Gasteiger partial charge < -0.3 is 5.73 Å². The lowest BCUT2D eigenvalue weighted by Gasteiger charge is -2.25. The quantitative estimate of drug-likeness (QED) is 0.658. The molecule has 0 amide bonds. The number of nitrogens with zero attached hydrogens (tertiary/aromatic N) is 1. The number of hydrogen-bond acceptors (Lipinski definition) is 3. The highest BCUT2D eigenvalue weighted by molar-refractivity contribution is 7.89. The Balaban J connectivity index is 3.40. The molecule has 0 radical (unpaired) electrons. The second kappa shape index (κ2) is 5.49. The van der Waals surface area contributed by atoms with Crippen LogP contribution >= 0.6 is 0 Å². The Morgan fingerprint density at radius 2 is 2.11 bits per heavy atom. The average Bonchev–Trinajstić information content (AvgIpc) is 2.24. The van der Waals surface area contributed by atoms with Gasteiger partial charge in [-0.2, -0.15) is 4.31 Å². The van der Waals surface area contributed by atoms with E-state index in [1.165, 1.54) is 18.2 Å². The number of nitrogen functional groups attached to an aromatic ring is 1. The van der Waals surface area contributed by atoms with Crippen molar-refractivity contribution in [1.29, 1.82) is 0 Å². The molecule has 0 atom stereocenters. The lowest BCUT2D eigenvalue weighted by atomic mass is 10.3. The first-order valence-corrected chi connectivity index (χ1v) is 6.93. The predicted octanol–water partition coefficient (Wildman–Crippen LogP) is 1.99. The Morgan fingerprint density at radius 1 is 1.50 bits per heavy atom. The molecule has 2 N–H and O–H groups in total. The monoisotopic (exact) mass is 272 g/mol. The van der Waals surface area contributed by atoms with E-state index in [9.17, 15) is 12.8 Å². The third-order valence-corrected chi connectivity index (χ3v) is 4.58. The van der Waals surface area contributed by atoms with E-state index in [4.69, 9.17) is 5.73 Å². The summed E-state index contributed by atoms with van der Waals surface area (Å²) in [5.74, 6) is -0.843. The molecule has 100 valence electrons. The molecule has 0 saturated heterocycles. The van der Waals surface area contributed by atoms with Crippen LogP contribution in [-0.2, 0) is 10.0 Å². The van der Waals surface area contributed by atoms with Gasteiger partial charge in [-0.25, -0.2) is 12.8 Å². The van der Waals surface area contributed by atoms with Crippen LogP contribution in [0.4, 0.5) is 10.1 Å². The van der Waals surface area contributed by atoms with Crippen molar-refractivity contribution in [3.63, 3.8) is 0 Å². The zero-order chi connectivity index (χ0) is 13.9.